The number of morpholine rings is 1. The monoisotopic (exact) mass is 590 g/mol. The third kappa shape index (κ3) is 4.91. The number of hydrogen-bond acceptors (Lipinski definition) is 9. The van der Waals surface area contributed by atoms with Gasteiger partial charge >= 0.3 is 0 Å². The number of ketones is 1. The Bertz CT molecular complexity index is 1690. The molecule has 42 heavy (non-hydrogen) atoms. The molecule has 1 fully saturated rings. The van der Waals surface area contributed by atoms with Crippen LogP contribution in [0.5, 0.6) is 11.5 Å². The number of nitrogens with zero attached hydrogens (tertiary/aromatic N) is 4. The molecular weight excluding hydrogens is 556 g/mol. The van der Waals surface area contributed by atoms with Gasteiger partial charge in [-0.15, -0.1) is 0 Å². The quantitative estimate of drug-likeness (QED) is 0.268. The summed E-state index contributed by atoms with van der Waals surface area (Å²) in [6.45, 7) is 8.44. The number of para-hydroxylation sites is 2. The molecule has 2 aromatic carbocycles. The van der Waals surface area contributed by atoms with Gasteiger partial charge in [-0.2, -0.15) is 0 Å². The van der Waals surface area contributed by atoms with Crippen molar-refractivity contribution in [3.05, 3.63) is 69.9 Å². The van der Waals surface area contributed by atoms with Crippen LogP contribution in [0.3, 0.4) is 0 Å². The molecule has 1 atom stereocenters. The molecule has 0 spiro atoms. The Hall–Kier alpha value is -3.93. The second kappa shape index (κ2) is 11.7. The highest BCUT2D eigenvalue weighted by molar-refractivity contribution is 7.19. The molecule has 1 amide bonds. The Kier molecular flexibility index (Phi) is 7.89. The first-order valence-corrected chi connectivity index (χ1v) is 15.0. The summed E-state index contributed by atoms with van der Waals surface area (Å²) in [4.78, 5) is 37.6. The Labute approximate surface area is 247 Å². The van der Waals surface area contributed by atoms with E-state index in [1.54, 1.807) is 24.1 Å². The van der Waals surface area contributed by atoms with Crippen molar-refractivity contribution in [2.75, 3.05) is 53.1 Å². The lowest BCUT2D eigenvalue weighted by Crippen LogP contribution is -2.39. The third-order valence-electron chi connectivity index (χ3n) is 7.92. The molecule has 11 heteroatoms. The molecule has 1 N–H and O–H groups in total. The Morgan fingerprint density at radius 3 is 2.69 bits per heavy atom. The maximum absolute atomic E-state index is 14.3. The number of hydrogen-bond donors (Lipinski definition) is 1. The van der Waals surface area contributed by atoms with E-state index in [0.717, 1.165) is 36.4 Å². The minimum atomic E-state index is -0.787. The van der Waals surface area contributed by atoms with E-state index >= 15 is 0 Å². The Morgan fingerprint density at radius 1 is 1.14 bits per heavy atom. The number of carbonyl (C=O) groups is 2. The summed E-state index contributed by atoms with van der Waals surface area (Å²) in [5.41, 5.74) is 3.19. The van der Waals surface area contributed by atoms with Crippen molar-refractivity contribution in [1.82, 2.24) is 19.2 Å². The standard InChI is InChI=1S/C31H34N4O6S/c1-4-41-23-11-10-20(18-24(23)39-3)26-25(28(37)30(38)34(26)13-7-12-33-14-16-40-17-15-33)27(36)29-19(2)35-22-9-6-5-8-21(22)32-31(35)42-29/h5-6,8-11,18,26,37H,4,7,12-17H2,1-3H3. The van der Waals surface area contributed by atoms with E-state index < -0.39 is 17.7 Å². The molecule has 4 heterocycles. The van der Waals surface area contributed by atoms with Gasteiger partial charge in [-0.05, 0) is 50.1 Å². The first-order chi connectivity index (χ1) is 20.4. The Balaban J connectivity index is 1.38. The first-order valence-electron chi connectivity index (χ1n) is 14.2. The number of imidazole rings is 1. The number of rotatable bonds is 10. The van der Waals surface area contributed by atoms with Crippen molar-refractivity contribution < 1.29 is 28.9 Å². The summed E-state index contributed by atoms with van der Waals surface area (Å²) in [6.07, 6.45) is 0.684. The smallest absolute Gasteiger partial charge is 0.290 e. The summed E-state index contributed by atoms with van der Waals surface area (Å²) in [5.74, 6) is -0.394. The molecule has 6 rings (SSSR count). The van der Waals surface area contributed by atoms with Gasteiger partial charge in [0.05, 0.1) is 54.5 Å². The van der Waals surface area contributed by atoms with Crippen LogP contribution in [0.15, 0.2) is 53.8 Å². The van der Waals surface area contributed by atoms with Gasteiger partial charge in [-0.25, -0.2) is 4.98 Å². The van der Waals surface area contributed by atoms with E-state index in [2.05, 4.69) is 4.90 Å². The highest BCUT2D eigenvalue weighted by Gasteiger charge is 2.44. The summed E-state index contributed by atoms with van der Waals surface area (Å²) < 4.78 is 18.7. The van der Waals surface area contributed by atoms with Crippen LogP contribution < -0.4 is 9.47 Å². The average Bonchev–Trinajstić information content (AvgIpc) is 3.62. The predicted molar refractivity (Wildman–Crippen MR) is 160 cm³/mol. The number of aliphatic hydroxyl groups excluding tert-OH is 1. The molecular formula is C31H34N4O6S. The van der Waals surface area contributed by atoms with Gasteiger partial charge < -0.3 is 24.2 Å². The van der Waals surface area contributed by atoms with Gasteiger partial charge in [0, 0.05) is 31.9 Å². The van der Waals surface area contributed by atoms with Gasteiger partial charge in [0.15, 0.2) is 22.2 Å². The number of ether oxygens (including phenoxy) is 3. The molecule has 0 aliphatic carbocycles. The normalized spacial score (nSPS) is 18.0. The zero-order valence-electron chi connectivity index (χ0n) is 24.0. The number of fused-ring (bicyclic) bond motifs is 3. The zero-order valence-corrected chi connectivity index (χ0v) is 24.8. The number of Topliss-reactive ketones (excluding diaryl/α,β-unsaturated/α-hetero) is 1. The van der Waals surface area contributed by atoms with Crippen molar-refractivity contribution in [1.29, 1.82) is 0 Å². The van der Waals surface area contributed by atoms with Crippen LogP contribution in [-0.4, -0.2) is 89.1 Å². The SMILES string of the molecule is CCOc1ccc(C2C(C(=O)c3sc4nc5ccccc5n4c3C)=C(O)C(=O)N2CCCN2CCOCC2)cc1OC. The summed E-state index contributed by atoms with van der Waals surface area (Å²) in [6, 6.07) is 12.4. The number of aromatic nitrogens is 2. The molecule has 2 aliphatic heterocycles. The lowest BCUT2D eigenvalue weighted by molar-refractivity contribution is -0.129. The van der Waals surface area contributed by atoms with E-state index in [0.29, 0.717) is 59.7 Å². The van der Waals surface area contributed by atoms with Crippen LogP contribution in [0, 0.1) is 6.92 Å². The summed E-state index contributed by atoms with van der Waals surface area (Å²) >= 11 is 1.26. The number of carbonyl (C=O) groups excluding carboxylic acids is 2. The summed E-state index contributed by atoms with van der Waals surface area (Å²) in [7, 11) is 1.55. The fraction of sp³-hybridized carbons (Fsp3) is 0.387. The number of aliphatic hydroxyl groups is 1. The maximum atomic E-state index is 14.3. The lowest BCUT2D eigenvalue weighted by atomic mass is 9.94. The maximum Gasteiger partial charge on any atom is 0.290 e. The average molecular weight is 591 g/mol. The number of aryl methyl sites for hydroxylation is 1. The van der Waals surface area contributed by atoms with Gasteiger partial charge in [0.1, 0.15) is 0 Å². The minimum Gasteiger partial charge on any atom is -0.503 e. The van der Waals surface area contributed by atoms with Crippen molar-refractivity contribution in [2.45, 2.75) is 26.3 Å². The molecule has 0 radical (unpaired) electrons. The van der Waals surface area contributed by atoms with Crippen LogP contribution in [0.25, 0.3) is 16.0 Å². The molecule has 1 unspecified atom stereocenters. The van der Waals surface area contributed by atoms with Crippen LogP contribution in [0.2, 0.25) is 0 Å². The zero-order chi connectivity index (χ0) is 29.4. The third-order valence-corrected chi connectivity index (χ3v) is 9.06. The molecule has 1 saturated heterocycles. The number of benzene rings is 2. The van der Waals surface area contributed by atoms with Gasteiger partial charge in [0.25, 0.3) is 5.91 Å². The van der Waals surface area contributed by atoms with Crippen molar-refractivity contribution >= 4 is 39.0 Å². The Morgan fingerprint density at radius 2 is 1.93 bits per heavy atom. The van der Waals surface area contributed by atoms with Crippen LogP contribution in [0.4, 0.5) is 0 Å². The molecule has 10 nitrogen and oxygen atoms in total. The number of methoxy groups -OCH3 is 1. The van der Waals surface area contributed by atoms with Gasteiger partial charge in [0.2, 0.25) is 5.78 Å². The second-order valence-electron chi connectivity index (χ2n) is 10.4. The number of thiazole rings is 1. The second-order valence-corrected chi connectivity index (χ2v) is 11.4. The minimum absolute atomic E-state index is 0.0643. The fourth-order valence-corrected chi connectivity index (χ4v) is 6.97. The van der Waals surface area contributed by atoms with Crippen LogP contribution >= 0.6 is 11.3 Å². The van der Waals surface area contributed by atoms with E-state index in [1.165, 1.54) is 11.3 Å². The summed E-state index contributed by atoms with van der Waals surface area (Å²) in [5, 5.41) is 11.3. The molecule has 2 aromatic heterocycles. The fourth-order valence-electron chi connectivity index (χ4n) is 5.88. The van der Waals surface area contributed by atoms with E-state index in [4.69, 9.17) is 19.2 Å². The molecule has 220 valence electrons. The van der Waals surface area contributed by atoms with E-state index in [-0.39, 0.29) is 11.4 Å². The first kappa shape index (κ1) is 28.2. The van der Waals surface area contributed by atoms with Gasteiger partial charge in [-0.3, -0.25) is 18.9 Å². The molecule has 0 saturated carbocycles. The molecule has 4 aromatic rings. The molecule has 0 bridgehead atoms. The van der Waals surface area contributed by atoms with Crippen LogP contribution in [0.1, 0.15) is 40.3 Å². The van der Waals surface area contributed by atoms with Crippen LogP contribution in [-0.2, 0) is 9.53 Å². The van der Waals surface area contributed by atoms with Crippen molar-refractivity contribution in [2.24, 2.45) is 0 Å². The number of amides is 1. The lowest BCUT2D eigenvalue weighted by Gasteiger charge is -2.30. The highest BCUT2D eigenvalue weighted by Crippen LogP contribution is 2.43. The predicted octanol–water partition coefficient (Wildman–Crippen LogP) is 4.57. The van der Waals surface area contributed by atoms with E-state index in [1.807, 2.05) is 48.6 Å². The highest BCUT2D eigenvalue weighted by atomic mass is 32.1. The van der Waals surface area contributed by atoms with Crippen molar-refractivity contribution in [3.63, 3.8) is 0 Å². The largest absolute Gasteiger partial charge is 0.503 e. The van der Waals surface area contributed by atoms with Gasteiger partial charge in [-0.1, -0.05) is 29.5 Å². The van der Waals surface area contributed by atoms with Crippen molar-refractivity contribution in [3.8, 4) is 11.5 Å². The van der Waals surface area contributed by atoms with E-state index in [9.17, 15) is 14.7 Å². The molecule has 2 aliphatic rings. The topological polar surface area (TPSA) is 106 Å².